The number of ether oxygens (including phenoxy) is 2. The second kappa shape index (κ2) is 9.12. The molecule has 158 valence electrons. The van der Waals surface area contributed by atoms with Crippen molar-refractivity contribution in [3.63, 3.8) is 0 Å². The van der Waals surface area contributed by atoms with Gasteiger partial charge < -0.3 is 19.4 Å². The Kier molecular flexibility index (Phi) is 6.61. The monoisotopic (exact) mass is 455 g/mol. The Bertz CT molecular complexity index is 1330. The number of rotatable bonds is 5. The largest absolute Gasteiger partial charge is 1.00 e. The van der Waals surface area contributed by atoms with Crippen LogP contribution in [0.4, 0.5) is 0 Å². The molecule has 0 spiro atoms. The van der Waals surface area contributed by atoms with Crippen LogP contribution in [0.25, 0.3) is 31.6 Å². The zero-order valence-electron chi connectivity index (χ0n) is 18.6. The van der Waals surface area contributed by atoms with Gasteiger partial charge >= 0.3 is 29.6 Å². The van der Waals surface area contributed by atoms with Gasteiger partial charge in [-0.1, -0.05) is 24.3 Å². The van der Waals surface area contributed by atoms with Crippen molar-refractivity contribution in [3.8, 4) is 16.3 Å². The van der Waals surface area contributed by atoms with E-state index in [0.29, 0.717) is 41.5 Å². The standard InChI is InChI=1S/C25H23NO4S.Na/c1-13-8-9-20(30-15(3)16-11-29-12-16)22-18(25(27)28)10-19(26-23(13)22)24-14(2)17-6-4-5-7-21(17)31-24;/h4-10,15-16H,11-12H2,1-3H3,(H,27,28);/q;+1/p-1/t15-;/m1./s1. The van der Waals surface area contributed by atoms with E-state index >= 15 is 0 Å². The number of thiophene rings is 1. The van der Waals surface area contributed by atoms with E-state index in [1.165, 1.54) is 0 Å². The summed E-state index contributed by atoms with van der Waals surface area (Å²) in [6, 6.07) is 13.5. The normalized spacial score (nSPS) is 14.7. The summed E-state index contributed by atoms with van der Waals surface area (Å²) in [5, 5.41) is 13.8. The first-order valence-electron chi connectivity index (χ1n) is 10.3. The van der Waals surface area contributed by atoms with Crippen LogP contribution in [0.15, 0.2) is 42.5 Å². The van der Waals surface area contributed by atoms with Crippen LogP contribution in [0, 0.1) is 19.8 Å². The van der Waals surface area contributed by atoms with E-state index in [2.05, 4.69) is 12.1 Å². The van der Waals surface area contributed by atoms with Crippen LogP contribution in [0.1, 0.15) is 28.4 Å². The van der Waals surface area contributed by atoms with Crippen LogP contribution in [0.5, 0.6) is 5.75 Å². The molecule has 5 nitrogen and oxygen atoms in total. The minimum Gasteiger partial charge on any atom is -0.545 e. The van der Waals surface area contributed by atoms with Crippen molar-refractivity contribution in [1.82, 2.24) is 4.98 Å². The molecule has 1 atom stereocenters. The van der Waals surface area contributed by atoms with Gasteiger partial charge in [-0.15, -0.1) is 11.3 Å². The van der Waals surface area contributed by atoms with Crippen LogP contribution in [-0.4, -0.2) is 30.3 Å². The van der Waals surface area contributed by atoms with Gasteiger partial charge in [0.05, 0.1) is 40.7 Å². The maximum Gasteiger partial charge on any atom is 1.00 e. The van der Waals surface area contributed by atoms with E-state index in [1.54, 1.807) is 17.4 Å². The number of nitrogens with zero attached hydrogens (tertiary/aromatic N) is 1. The summed E-state index contributed by atoms with van der Waals surface area (Å²) in [6.07, 6.45) is -0.0845. The van der Waals surface area contributed by atoms with Gasteiger partial charge in [0.15, 0.2) is 0 Å². The zero-order chi connectivity index (χ0) is 21.7. The van der Waals surface area contributed by atoms with Gasteiger partial charge in [0.25, 0.3) is 0 Å². The smallest absolute Gasteiger partial charge is 0.545 e. The SMILES string of the molecule is Cc1c(-c2cc(C(=O)[O-])c3c(O[C@H](C)C4COC4)ccc(C)c3n2)sc2ccccc12.[Na+]. The van der Waals surface area contributed by atoms with Gasteiger partial charge in [-0.2, -0.15) is 0 Å². The summed E-state index contributed by atoms with van der Waals surface area (Å²) >= 11 is 1.62. The topological polar surface area (TPSA) is 71.5 Å². The van der Waals surface area contributed by atoms with Crippen LogP contribution in [0.3, 0.4) is 0 Å². The summed E-state index contributed by atoms with van der Waals surface area (Å²) in [5.41, 5.74) is 3.37. The van der Waals surface area contributed by atoms with Crippen molar-refractivity contribution in [3.05, 3.63) is 59.2 Å². The maximum absolute atomic E-state index is 12.2. The van der Waals surface area contributed by atoms with Crippen LogP contribution >= 0.6 is 11.3 Å². The number of fused-ring (bicyclic) bond motifs is 2. The number of hydrogen-bond acceptors (Lipinski definition) is 6. The molecule has 0 radical (unpaired) electrons. The Labute approximate surface area is 212 Å². The number of aryl methyl sites for hydroxylation is 2. The molecule has 1 fully saturated rings. The van der Waals surface area contributed by atoms with Crippen molar-refractivity contribution < 1.29 is 48.9 Å². The third-order valence-corrected chi connectivity index (χ3v) is 7.36. The fourth-order valence-corrected chi connectivity index (χ4v) is 5.23. The molecule has 0 N–H and O–H groups in total. The van der Waals surface area contributed by atoms with Gasteiger partial charge in [-0.25, -0.2) is 4.98 Å². The van der Waals surface area contributed by atoms with Gasteiger partial charge in [0.1, 0.15) is 11.9 Å². The minimum atomic E-state index is -1.23. The fraction of sp³-hybridized carbons (Fsp3) is 0.280. The molecule has 0 saturated carbocycles. The average molecular weight is 456 g/mol. The third-order valence-electron chi connectivity index (χ3n) is 6.06. The van der Waals surface area contributed by atoms with Crippen molar-refractivity contribution in [2.75, 3.05) is 13.2 Å². The van der Waals surface area contributed by atoms with Crippen molar-refractivity contribution in [2.24, 2.45) is 5.92 Å². The first-order valence-corrected chi connectivity index (χ1v) is 11.1. The number of carbonyl (C=O) groups excluding carboxylic acids is 1. The van der Waals surface area contributed by atoms with E-state index in [4.69, 9.17) is 14.5 Å². The Balaban J connectivity index is 0.00000245. The molecular formula is C25H22NNaO4S. The summed E-state index contributed by atoms with van der Waals surface area (Å²) in [5.74, 6) is -0.412. The Morgan fingerprint density at radius 3 is 2.62 bits per heavy atom. The summed E-state index contributed by atoms with van der Waals surface area (Å²) < 4.78 is 12.6. The first kappa shape index (κ1) is 23.2. The van der Waals surface area contributed by atoms with E-state index < -0.39 is 5.97 Å². The second-order valence-electron chi connectivity index (χ2n) is 8.12. The van der Waals surface area contributed by atoms with Gasteiger partial charge in [-0.05, 0) is 55.5 Å². The molecule has 0 unspecified atom stereocenters. The number of aromatic nitrogens is 1. The fourth-order valence-electron chi connectivity index (χ4n) is 4.06. The molecule has 3 heterocycles. The Hall–Kier alpha value is -1.96. The molecule has 32 heavy (non-hydrogen) atoms. The maximum atomic E-state index is 12.2. The predicted molar refractivity (Wildman–Crippen MR) is 121 cm³/mol. The number of carbonyl (C=O) groups is 1. The van der Waals surface area contributed by atoms with E-state index in [9.17, 15) is 9.90 Å². The van der Waals surface area contributed by atoms with Gasteiger partial charge in [0.2, 0.25) is 0 Å². The van der Waals surface area contributed by atoms with Crippen molar-refractivity contribution in [2.45, 2.75) is 26.9 Å². The molecule has 0 amide bonds. The summed E-state index contributed by atoms with van der Waals surface area (Å²) in [4.78, 5) is 18.1. The Morgan fingerprint density at radius 2 is 1.97 bits per heavy atom. The molecule has 5 rings (SSSR count). The second-order valence-corrected chi connectivity index (χ2v) is 9.17. The average Bonchev–Trinajstić information content (AvgIpc) is 3.05. The first-order chi connectivity index (χ1) is 14.9. The summed E-state index contributed by atoms with van der Waals surface area (Å²) in [7, 11) is 0. The molecule has 7 heteroatoms. The zero-order valence-corrected chi connectivity index (χ0v) is 21.4. The van der Waals surface area contributed by atoms with Gasteiger partial charge in [-0.3, -0.25) is 0 Å². The van der Waals surface area contributed by atoms with E-state index in [1.807, 2.05) is 45.0 Å². The third kappa shape index (κ3) is 3.95. The molecule has 0 bridgehead atoms. The number of carboxylic acids is 1. The van der Waals surface area contributed by atoms with Crippen LogP contribution in [-0.2, 0) is 4.74 Å². The molecule has 1 saturated heterocycles. The molecule has 2 aromatic carbocycles. The van der Waals surface area contributed by atoms with E-state index in [-0.39, 0.29) is 41.2 Å². The molecule has 1 aliphatic heterocycles. The number of aromatic carboxylic acids is 1. The van der Waals surface area contributed by atoms with Gasteiger partial charge in [0, 0.05) is 16.2 Å². The minimum absolute atomic E-state index is 0. The van der Waals surface area contributed by atoms with Crippen LogP contribution in [0.2, 0.25) is 0 Å². The van der Waals surface area contributed by atoms with E-state index in [0.717, 1.165) is 26.1 Å². The van der Waals surface area contributed by atoms with Crippen molar-refractivity contribution >= 4 is 38.3 Å². The quantitative estimate of drug-likeness (QED) is 0.427. The number of hydrogen-bond donors (Lipinski definition) is 0. The number of pyridine rings is 1. The number of benzene rings is 2. The molecule has 2 aromatic heterocycles. The number of carboxylic acid groups (broad SMARTS) is 1. The summed E-state index contributed by atoms with van der Waals surface area (Å²) in [6.45, 7) is 7.29. The molecule has 4 aromatic rings. The molecule has 1 aliphatic rings. The van der Waals surface area contributed by atoms with Crippen LogP contribution < -0.4 is 39.4 Å². The van der Waals surface area contributed by atoms with Crippen molar-refractivity contribution in [1.29, 1.82) is 0 Å². The molecule has 0 aliphatic carbocycles. The molecular weight excluding hydrogens is 433 g/mol. The Morgan fingerprint density at radius 1 is 1.22 bits per heavy atom. The predicted octanol–water partition coefficient (Wildman–Crippen LogP) is 1.51.